The summed E-state index contributed by atoms with van der Waals surface area (Å²) >= 11 is 0. The molecule has 1 aromatic rings. The summed E-state index contributed by atoms with van der Waals surface area (Å²) in [5.41, 5.74) is -1.27. The number of hydrogen-bond donors (Lipinski definition) is 2. The molecule has 0 aliphatic heterocycles. The predicted octanol–water partition coefficient (Wildman–Crippen LogP) is 2.13. The van der Waals surface area contributed by atoms with Crippen molar-refractivity contribution in [3.63, 3.8) is 0 Å². The van der Waals surface area contributed by atoms with E-state index in [0.29, 0.717) is 12.5 Å². The van der Waals surface area contributed by atoms with Crippen molar-refractivity contribution in [2.75, 3.05) is 0 Å². The molecule has 2 unspecified atom stereocenters. The molecule has 1 aliphatic rings. The molecule has 0 amide bonds. The smallest absolute Gasteiger partial charge is 0.341 e. The molecule has 0 bridgehead atoms. The molecule has 1 fully saturated rings. The fraction of sp³-hybridized carbons (Fsp3) is 0.462. The Balaban J connectivity index is 2.29. The molecular formula is C13H15F2NO4S. The lowest BCUT2D eigenvalue weighted by Gasteiger charge is -2.09. The molecule has 1 aliphatic carbocycles. The zero-order valence-electron chi connectivity index (χ0n) is 11.3. The Labute approximate surface area is 121 Å². The third-order valence-electron chi connectivity index (χ3n) is 3.45. The van der Waals surface area contributed by atoms with Gasteiger partial charge in [-0.05, 0) is 30.9 Å². The predicted molar refractivity (Wildman–Crippen MR) is 70.4 cm³/mol. The van der Waals surface area contributed by atoms with Gasteiger partial charge in [0.25, 0.3) is 0 Å². The van der Waals surface area contributed by atoms with Crippen LogP contribution in [0.1, 0.15) is 36.5 Å². The number of carboxylic acid groups (broad SMARTS) is 1. The monoisotopic (exact) mass is 319 g/mol. The zero-order valence-corrected chi connectivity index (χ0v) is 12.1. The minimum absolute atomic E-state index is 0.215. The van der Waals surface area contributed by atoms with Gasteiger partial charge in [0.05, 0.1) is 0 Å². The molecule has 2 rings (SSSR count). The standard InChI is InChI=1S/C13H15F2NO4S/c1-2-3-7-6-9(7)16-21(19,20)10-5-4-8(14)11(12(10)15)13(17)18/h4-5,7,9,16H,2-3,6H2,1H3,(H,17,18). The number of aromatic carboxylic acids is 1. The van der Waals surface area contributed by atoms with Crippen LogP contribution in [0, 0.1) is 17.6 Å². The molecule has 2 N–H and O–H groups in total. The van der Waals surface area contributed by atoms with Crippen molar-refractivity contribution in [2.45, 2.75) is 37.1 Å². The Morgan fingerprint density at radius 3 is 2.67 bits per heavy atom. The summed E-state index contributed by atoms with van der Waals surface area (Å²) in [6.45, 7) is 1.97. The summed E-state index contributed by atoms with van der Waals surface area (Å²) in [7, 11) is -4.21. The van der Waals surface area contributed by atoms with E-state index in [2.05, 4.69) is 4.72 Å². The topological polar surface area (TPSA) is 83.5 Å². The molecule has 8 heteroatoms. The maximum atomic E-state index is 14.0. The fourth-order valence-electron chi connectivity index (χ4n) is 2.28. The van der Waals surface area contributed by atoms with E-state index in [1.54, 1.807) is 0 Å². The Hall–Kier alpha value is -1.54. The zero-order chi connectivity index (χ0) is 15.8. The van der Waals surface area contributed by atoms with Crippen molar-refractivity contribution >= 4 is 16.0 Å². The molecule has 1 aromatic carbocycles. The molecular weight excluding hydrogens is 304 g/mol. The normalized spacial score (nSPS) is 21.3. The van der Waals surface area contributed by atoms with Gasteiger partial charge in [-0.2, -0.15) is 0 Å². The van der Waals surface area contributed by atoms with Crippen molar-refractivity contribution in [1.29, 1.82) is 0 Å². The van der Waals surface area contributed by atoms with Crippen molar-refractivity contribution in [1.82, 2.24) is 4.72 Å². The summed E-state index contributed by atoms with van der Waals surface area (Å²) < 4.78 is 53.7. The van der Waals surface area contributed by atoms with E-state index in [9.17, 15) is 22.0 Å². The highest BCUT2D eigenvalue weighted by atomic mass is 32.2. The molecule has 116 valence electrons. The molecule has 21 heavy (non-hydrogen) atoms. The maximum absolute atomic E-state index is 14.0. The number of carboxylic acids is 1. The third kappa shape index (κ3) is 3.21. The van der Waals surface area contributed by atoms with Crippen molar-refractivity contribution in [3.8, 4) is 0 Å². The van der Waals surface area contributed by atoms with E-state index in [-0.39, 0.29) is 12.0 Å². The summed E-state index contributed by atoms with van der Waals surface area (Å²) in [6, 6.07) is 1.10. The number of nitrogens with one attached hydrogen (secondary N) is 1. The lowest BCUT2D eigenvalue weighted by Crippen LogP contribution is -2.28. The third-order valence-corrected chi connectivity index (χ3v) is 4.96. The van der Waals surface area contributed by atoms with E-state index in [1.807, 2.05) is 6.92 Å². The van der Waals surface area contributed by atoms with Gasteiger partial charge in [0.15, 0.2) is 5.82 Å². The summed E-state index contributed by atoms with van der Waals surface area (Å²) in [5.74, 6) is -4.53. The lowest BCUT2D eigenvalue weighted by molar-refractivity contribution is 0.0685. The Morgan fingerprint density at radius 1 is 1.43 bits per heavy atom. The molecule has 5 nitrogen and oxygen atoms in total. The van der Waals surface area contributed by atoms with Crippen molar-refractivity contribution in [2.24, 2.45) is 5.92 Å². The summed E-state index contributed by atoms with van der Waals surface area (Å²) in [4.78, 5) is 9.95. The van der Waals surface area contributed by atoms with Crippen LogP contribution in [0.25, 0.3) is 0 Å². The van der Waals surface area contributed by atoms with Gasteiger partial charge in [0.1, 0.15) is 16.3 Å². The van der Waals surface area contributed by atoms with Crippen LogP contribution >= 0.6 is 0 Å². The van der Waals surface area contributed by atoms with Crippen LogP contribution in [-0.2, 0) is 10.0 Å². The number of sulfonamides is 1. The maximum Gasteiger partial charge on any atom is 0.341 e. The van der Waals surface area contributed by atoms with Crippen LogP contribution in [0.4, 0.5) is 8.78 Å². The number of benzene rings is 1. The highest BCUT2D eigenvalue weighted by molar-refractivity contribution is 7.89. The van der Waals surface area contributed by atoms with Crippen LogP contribution in [0.15, 0.2) is 17.0 Å². The number of carbonyl (C=O) groups is 1. The van der Waals surface area contributed by atoms with Crippen LogP contribution in [-0.4, -0.2) is 25.5 Å². The van der Waals surface area contributed by atoms with E-state index < -0.39 is 38.1 Å². The SMILES string of the molecule is CCCC1CC1NS(=O)(=O)c1ccc(F)c(C(=O)O)c1F. The van der Waals surface area contributed by atoms with E-state index in [0.717, 1.165) is 18.9 Å². The quantitative estimate of drug-likeness (QED) is 0.841. The minimum Gasteiger partial charge on any atom is -0.477 e. The molecule has 1 saturated carbocycles. The average Bonchev–Trinajstić information content (AvgIpc) is 3.05. The first-order valence-electron chi connectivity index (χ1n) is 6.51. The van der Waals surface area contributed by atoms with Gasteiger partial charge in [-0.15, -0.1) is 0 Å². The highest BCUT2D eigenvalue weighted by Crippen LogP contribution is 2.36. The first-order valence-corrected chi connectivity index (χ1v) is 7.99. The van der Waals surface area contributed by atoms with Crippen LogP contribution < -0.4 is 4.72 Å². The second kappa shape index (κ2) is 5.69. The van der Waals surface area contributed by atoms with E-state index >= 15 is 0 Å². The van der Waals surface area contributed by atoms with E-state index in [1.165, 1.54) is 0 Å². The molecule has 0 heterocycles. The Bertz CT molecular complexity index is 675. The van der Waals surface area contributed by atoms with Crippen LogP contribution in [0.3, 0.4) is 0 Å². The van der Waals surface area contributed by atoms with Crippen LogP contribution in [0.5, 0.6) is 0 Å². The van der Waals surface area contributed by atoms with Crippen LogP contribution in [0.2, 0.25) is 0 Å². The molecule has 2 atom stereocenters. The number of hydrogen-bond acceptors (Lipinski definition) is 3. The van der Waals surface area contributed by atoms with Crippen molar-refractivity contribution in [3.05, 3.63) is 29.3 Å². The number of rotatable bonds is 6. The Morgan fingerprint density at radius 2 is 2.10 bits per heavy atom. The Kier molecular flexibility index (Phi) is 4.29. The largest absolute Gasteiger partial charge is 0.477 e. The fourth-order valence-corrected chi connectivity index (χ4v) is 3.68. The first kappa shape index (κ1) is 15.8. The average molecular weight is 319 g/mol. The second-order valence-corrected chi connectivity index (χ2v) is 6.73. The summed E-state index contributed by atoms with van der Waals surface area (Å²) in [5, 5.41) is 8.75. The second-order valence-electron chi connectivity index (χ2n) is 5.05. The lowest BCUT2D eigenvalue weighted by atomic mass is 10.2. The minimum atomic E-state index is -4.21. The first-order chi connectivity index (χ1) is 9.77. The van der Waals surface area contributed by atoms with Crippen molar-refractivity contribution < 1.29 is 27.1 Å². The van der Waals surface area contributed by atoms with Gasteiger partial charge in [-0.1, -0.05) is 13.3 Å². The van der Waals surface area contributed by atoms with Gasteiger partial charge < -0.3 is 5.11 Å². The van der Waals surface area contributed by atoms with E-state index in [4.69, 9.17) is 5.11 Å². The highest BCUT2D eigenvalue weighted by Gasteiger charge is 2.40. The molecule has 0 saturated heterocycles. The number of halogens is 2. The van der Waals surface area contributed by atoms with Gasteiger partial charge in [0, 0.05) is 6.04 Å². The van der Waals surface area contributed by atoms with Gasteiger partial charge in [-0.25, -0.2) is 26.7 Å². The summed E-state index contributed by atoms with van der Waals surface area (Å²) in [6.07, 6.45) is 2.44. The molecule has 0 radical (unpaired) electrons. The molecule has 0 spiro atoms. The van der Waals surface area contributed by atoms with Gasteiger partial charge >= 0.3 is 5.97 Å². The molecule has 0 aromatic heterocycles. The van der Waals surface area contributed by atoms with Gasteiger partial charge in [-0.3, -0.25) is 0 Å². The van der Waals surface area contributed by atoms with Gasteiger partial charge in [0.2, 0.25) is 10.0 Å².